The molecule has 0 saturated carbocycles. The third-order valence-corrected chi connectivity index (χ3v) is 1.09. The zero-order valence-electron chi connectivity index (χ0n) is 8.21. The Hall–Kier alpha value is -1.10. The maximum Gasteiger partial charge on any atom is 0.305 e. The Morgan fingerprint density at radius 1 is 1.54 bits per heavy atom. The minimum absolute atomic E-state index is 0.208. The summed E-state index contributed by atoms with van der Waals surface area (Å²) in [6.07, 6.45) is 1.62. The van der Waals surface area contributed by atoms with Crippen LogP contribution in [0.25, 0.3) is 0 Å². The van der Waals surface area contributed by atoms with Crippen molar-refractivity contribution in [1.82, 2.24) is 5.32 Å². The molecule has 0 fully saturated rings. The van der Waals surface area contributed by atoms with Crippen molar-refractivity contribution in [1.29, 1.82) is 0 Å². The zero-order chi connectivity index (χ0) is 10.5. The highest BCUT2D eigenvalue weighted by atomic mass is 16.5. The average Bonchev–Trinajstić information content (AvgIpc) is 2.16. The number of nitrogens with one attached hydrogen (secondary N) is 1. The van der Waals surface area contributed by atoms with Crippen molar-refractivity contribution in [2.75, 3.05) is 20.2 Å². The van der Waals surface area contributed by atoms with Gasteiger partial charge in [0.2, 0.25) is 6.41 Å². The molecular formula is C8H18N2O3. The molecule has 0 heterocycles. The highest BCUT2D eigenvalue weighted by Gasteiger charge is 1.98. The fourth-order valence-corrected chi connectivity index (χ4v) is 0.627. The van der Waals surface area contributed by atoms with Crippen molar-refractivity contribution in [3.8, 4) is 0 Å². The lowest BCUT2D eigenvalue weighted by atomic mass is 10.3. The van der Waals surface area contributed by atoms with Gasteiger partial charge in [-0.15, -0.1) is 0 Å². The van der Waals surface area contributed by atoms with Crippen molar-refractivity contribution >= 4 is 12.4 Å². The van der Waals surface area contributed by atoms with Crippen molar-refractivity contribution < 1.29 is 14.3 Å². The topological polar surface area (TPSA) is 81.4 Å². The van der Waals surface area contributed by atoms with E-state index in [-0.39, 0.29) is 5.97 Å². The van der Waals surface area contributed by atoms with Gasteiger partial charge in [0.05, 0.1) is 6.61 Å². The van der Waals surface area contributed by atoms with Gasteiger partial charge in [-0.3, -0.25) is 9.59 Å². The largest absolute Gasteiger partial charge is 0.466 e. The van der Waals surface area contributed by atoms with Gasteiger partial charge in [0, 0.05) is 13.0 Å². The van der Waals surface area contributed by atoms with E-state index >= 15 is 0 Å². The lowest BCUT2D eigenvalue weighted by Crippen LogP contribution is -2.14. The molecule has 0 aromatic heterocycles. The Labute approximate surface area is 78.6 Å². The molecule has 0 aromatic carbocycles. The van der Waals surface area contributed by atoms with Gasteiger partial charge in [-0.2, -0.15) is 0 Å². The zero-order valence-corrected chi connectivity index (χ0v) is 8.21. The van der Waals surface area contributed by atoms with Crippen LogP contribution in [0.15, 0.2) is 0 Å². The van der Waals surface area contributed by atoms with Gasteiger partial charge >= 0.3 is 5.97 Å². The van der Waals surface area contributed by atoms with Crippen LogP contribution in [0, 0.1) is 0 Å². The minimum Gasteiger partial charge on any atom is -0.466 e. The van der Waals surface area contributed by atoms with Crippen LogP contribution in [0.1, 0.15) is 19.8 Å². The van der Waals surface area contributed by atoms with Crippen LogP contribution in [0.4, 0.5) is 0 Å². The fourth-order valence-electron chi connectivity index (χ4n) is 0.627. The van der Waals surface area contributed by atoms with Crippen LogP contribution in [0.2, 0.25) is 0 Å². The van der Waals surface area contributed by atoms with E-state index in [0.717, 1.165) is 0 Å². The summed E-state index contributed by atoms with van der Waals surface area (Å²) < 4.78 is 4.67. The van der Waals surface area contributed by atoms with Crippen LogP contribution < -0.4 is 11.1 Å². The van der Waals surface area contributed by atoms with Crippen molar-refractivity contribution in [2.24, 2.45) is 5.73 Å². The standard InChI is InChI=1S/C7H13NO3.CH5N/c1-2-11-7(10)4-3-5-8-6-9;1-2/h6H,2-5H2,1H3,(H,8,9);2H2,1H3. The van der Waals surface area contributed by atoms with Gasteiger partial charge in [-0.05, 0) is 20.4 Å². The SMILES string of the molecule is CCOC(=O)CCCNC=O.CN. The number of amides is 1. The van der Waals surface area contributed by atoms with E-state index in [0.29, 0.717) is 32.4 Å². The molecule has 0 aromatic rings. The van der Waals surface area contributed by atoms with Gasteiger partial charge in [0.15, 0.2) is 0 Å². The van der Waals surface area contributed by atoms with Gasteiger partial charge < -0.3 is 15.8 Å². The summed E-state index contributed by atoms with van der Waals surface area (Å²) in [6.45, 7) is 2.71. The highest BCUT2D eigenvalue weighted by Crippen LogP contribution is 1.90. The van der Waals surface area contributed by atoms with Gasteiger partial charge in [0.1, 0.15) is 0 Å². The van der Waals surface area contributed by atoms with Crippen LogP contribution in [0.3, 0.4) is 0 Å². The number of carbonyl (C=O) groups excluding carboxylic acids is 2. The first kappa shape index (κ1) is 14.4. The Balaban J connectivity index is 0. The molecule has 0 bridgehead atoms. The van der Waals surface area contributed by atoms with Crippen molar-refractivity contribution in [3.05, 3.63) is 0 Å². The lowest BCUT2D eigenvalue weighted by molar-refractivity contribution is -0.143. The number of carbonyl (C=O) groups is 2. The molecule has 0 saturated heterocycles. The van der Waals surface area contributed by atoms with E-state index in [1.54, 1.807) is 6.92 Å². The maximum atomic E-state index is 10.7. The molecule has 0 rings (SSSR count). The second-order valence-electron chi connectivity index (χ2n) is 1.98. The Bertz CT molecular complexity index is 129. The van der Waals surface area contributed by atoms with Gasteiger partial charge in [-0.25, -0.2) is 0 Å². The summed E-state index contributed by atoms with van der Waals surface area (Å²) in [4.78, 5) is 20.4. The lowest BCUT2D eigenvalue weighted by Gasteiger charge is -2.00. The molecule has 0 unspecified atom stereocenters. The summed E-state index contributed by atoms with van der Waals surface area (Å²) in [5, 5.41) is 2.46. The summed E-state index contributed by atoms with van der Waals surface area (Å²) in [7, 11) is 1.50. The summed E-state index contributed by atoms with van der Waals surface area (Å²) in [5.74, 6) is -0.208. The highest BCUT2D eigenvalue weighted by molar-refractivity contribution is 5.69. The maximum absolute atomic E-state index is 10.7. The molecule has 1 amide bonds. The molecule has 0 aliphatic carbocycles. The first-order valence-electron chi connectivity index (χ1n) is 4.21. The normalized spacial score (nSPS) is 7.92. The molecule has 5 heteroatoms. The molecule has 78 valence electrons. The predicted molar refractivity (Wildman–Crippen MR) is 50.0 cm³/mol. The van der Waals surface area contributed by atoms with E-state index in [2.05, 4.69) is 15.8 Å². The molecule has 13 heavy (non-hydrogen) atoms. The quantitative estimate of drug-likeness (QED) is 0.341. The van der Waals surface area contributed by atoms with Gasteiger partial charge in [0.25, 0.3) is 0 Å². The molecule has 3 N–H and O–H groups in total. The number of hydrogen-bond acceptors (Lipinski definition) is 4. The molecule has 0 radical (unpaired) electrons. The number of rotatable bonds is 6. The summed E-state index contributed by atoms with van der Waals surface area (Å²) >= 11 is 0. The average molecular weight is 190 g/mol. The molecule has 0 aliphatic rings. The van der Waals surface area contributed by atoms with E-state index in [4.69, 9.17) is 0 Å². The molecule has 5 nitrogen and oxygen atoms in total. The molecule has 0 aliphatic heterocycles. The number of hydrogen-bond donors (Lipinski definition) is 2. The van der Waals surface area contributed by atoms with Crippen molar-refractivity contribution in [2.45, 2.75) is 19.8 Å². The fraction of sp³-hybridized carbons (Fsp3) is 0.750. The monoisotopic (exact) mass is 190 g/mol. The van der Waals surface area contributed by atoms with Crippen LogP contribution >= 0.6 is 0 Å². The van der Waals surface area contributed by atoms with E-state index in [1.807, 2.05) is 0 Å². The van der Waals surface area contributed by atoms with E-state index in [9.17, 15) is 9.59 Å². The number of esters is 1. The van der Waals surface area contributed by atoms with Crippen molar-refractivity contribution in [3.63, 3.8) is 0 Å². The molecular weight excluding hydrogens is 172 g/mol. The first-order chi connectivity index (χ1) is 6.31. The number of ether oxygens (including phenoxy) is 1. The van der Waals surface area contributed by atoms with Crippen LogP contribution in [0.5, 0.6) is 0 Å². The predicted octanol–water partition coefficient (Wildman–Crippen LogP) is -0.349. The third-order valence-electron chi connectivity index (χ3n) is 1.09. The second kappa shape index (κ2) is 13.5. The summed E-state index contributed by atoms with van der Waals surface area (Å²) in [5.41, 5.74) is 4.50. The Morgan fingerprint density at radius 3 is 2.62 bits per heavy atom. The number of nitrogens with two attached hydrogens (primary N) is 1. The minimum atomic E-state index is -0.208. The second-order valence-corrected chi connectivity index (χ2v) is 1.98. The van der Waals surface area contributed by atoms with E-state index in [1.165, 1.54) is 7.05 Å². The Morgan fingerprint density at radius 2 is 2.15 bits per heavy atom. The Kier molecular flexibility index (Phi) is 15.0. The third kappa shape index (κ3) is 13.8. The van der Waals surface area contributed by atoms with E-state index < -0.39 is 0 Å². The smallest absolute Gasteiger partial charge is 0.305 e. The molecule has 0 spiro atoms. The first-order valence-corrected chi connectivity index (χ1v) is 4.21. The summed E-state index contributed by atoms with van der Waals surface area (Å²) in [6, 6.07) is 0. The van der Waals surface area contributed by atoms with Gasteiger partial charge in [-0.1, -0.05) is 0 Å². The molecule has 0 atom stereocenters. The van der Waals surface area contributed by atoms with Crippen LogP contribution in [-0.2, 0) is 14.3 Å². The van der Waals surface area contributed by atoms with Crippen LogP contribution in [-0.4, -0.2) is 32.6 Å².